The van der Waals surface area contributed by atoms with Gasteiger partial charge in [0.1, 0.15) is 26.9 Å². The SMILES string of the molecule is BC(B)(c1ccnc(-c2ccc3c(c2)oc2cc4ccccc4cc23)c1)C1CCCC1. The summed E-state index contributed by atoms with van der Waals surface area (Å²) >= 11 is 0. The third-order valence-corrected chi connectivity index (χ3v) is 7.52. The molecule has 150 valence electrons. The molecular weight excluding hydrogens is 376 g/mol. The molecule has 2 aromatic heterocycles. The van der Waals surface area contributed by atoms with E-state index in [2.05, 4.69) is 82.4 Å². The molecule has 31 heavy (non-hydrogen) atoms. The van der Waals surface area contributed by atoms with Crippen LogP contribution in [0.3, 0.4) is 0 Å². The van der Waals surface area contributed by atoms with Gasteiger partial charge in [-0.1, -0.05) is 66.8 Å². The van der Waals surface area contributed by atoms with E-state index in [4.69, 9.17) is 9.40 Å². The highest BCUT2D eigenvalue weighted by Gasteiger charge is 2.33. The first-order chi connectivity index (χ1) is 15.1. The van der Waals surface area contributed by atoms with Gasteiger partial charge in [-0.2, -0.15) is 0 Å². The normalized spacial score (nSPS) is 15.4. The van der Waals surface area contributed by atoms with Crippen molar-refractivity contribution in [2.75, 3.05) is 0 Å². The zero-order valence-electron chi connectivity index (χ0n) is 18.2. The lowest BCUT2D eigenvalue weighted by Crippen LogP contribution is -2.35. The van der Waals surface area contributed by atoms with Gasteiger partial charge < -0.3 is 4.42 Å². The Morgan fingerprint density at radius 1 is 0.806 bits per heavy atom. The molecule has 0 bridgehead atoms. The fraction of sp³-hybridized carbons (Fsp3) is 0.222. The molecule has 1 aliphatic rings. The molecule has 6 rings (SSSR count). The minimum absolute atomic E-state index is 0.178. The summed E-state index contributed by atoms with van der Waals surface area (Å²) in [4.78, 5) is 4.71. The van der Waals surface area contributed by atoms with Crippen molar-refractivity contribution >= 4 is 48.4 Å². The predicted molar refractivity (Wildman–Crippen MR) is 135 cm³/mol. The molecule has 0 radical (unpaired) electrons. The Bertz CT molecular complexity index is 1430. The van der Waals surface area contributed by atoms with Crippen LogP contribution in [0.5, 0.6) is 0 Å². The number of hydrogen-bond acceptors (Lipinski definition) is 2. The van der Waals surface area contributed by atoms with Crippen LogP contribution in [0.15, 0.2) is 77.3 Å². The van der Waals surface area contributed by atoms with Crippen LogP contribution >= 0.6 is 0 Å². The summed E-state index contributed by atoms with van der Waals surface area (Å²) in [6.45, 7) is 0. The Morgan fingerprint density at radius 3 is 2.35 bits per heavy atom. The minimum atomic E-state index is 0.178. The fourth-order valence-corrected chi connectivity index (χ4v) is 5.49. The van der Waals surface area contributed by atoms with Crippen molar-refractivity contribution in [3.63, 3.8) is 0 Å². The van der Waals surface area contributed by atoms with E-state index in [-0.39, 0.29) is 5.21 Å². The predicted octanol–water partition coefficient (Wildman–Crippen LogP) is 5.41. The van der Waals surface area contributed by atoms with E-state index in [0.717, 1.165) is 33.7 Å². The topological polar surface area (TPSA) is 26.0 Å². The summed E-state index contributed by atoms with van der Waals surface area (Å²) in [6, 6.07) is 23.8. The Kier molecular flexibility index (Phi) is 4.24. The molecular formula is C27H25B2NO. The van der Waals surface area contributed by atoms with Crippen molar-refractivity contribution in [3.05, 3.63) is 78.5 Å². The second kappa shape index (κ2) is 7.02. The molecule has 1 aliphatic carbocycles. The molecule has 0 aliphatic heterocycles. The van der Waals surface area contributed by atoms with Crippen LogP contribution in [0.2, 0.25) is 0 Å². The quantitative estimate of drug-likeness (QED) is 0.378. The van der Waals surface area contributed by atoms with Gasteiger partial charge in [0.2, 0.25) is 0 Å². The lowest BCUT2D eigenvalue weighted by atomic mass is 9.45. The molecule has 3 aromatic carbocycles. The van der Waals surface area contributed by atoms with Crippen molar-refractivity contribution < 1.29 is 4.42 Å². The molecule has 5 aromatic rings. The lowest BCUT2D eigenvalue weighted by molar-refractivity contribution is 0.486. The molecule has 2 nitrogen and oxygen atoms in total. The van der Waals surface area contributed by atoms with Crippen LogP contribution in [0, 0.1) is 5.92 Å². The largest absolute Gasteiger partial charge is 0.456 e. The maximum atomic E-state index is 6.27. The number of benzene rings is 3. The molecule has 0 spiro atoms. The van der Waals surface area contributed by atoms with E-state index in [1.807, 2.05) is 6.20 Å². The van der Waals surface area contributed by atoms with Crippen LogP contribution in [0.1, 0.15) is 31.2 Å². The summed E-state index contributed by atoms with van der Waals surface area (Å²) in [7, 11) is 4.80. The van der Waals surface area contributed by atoms with Gasteiger partial charge in [-0.05, 0) is 53.1 Å². The van der Waals surface area contributed by atoms with Crippen molar-refractivity contribution in [2.24, 2.45) is 5.92 Å². The van der Waals surface area contributed by atoms with Gasteiger partial charge in [-0.15, -0.1) is 0 Å². The van der Waals surface area contributed by atoms with E-state index in [0.29, 0.717) is 0 Å². The standard InChI is InChI=1S/C27H25B2NO/c28-27(29,20-7-3-4-8-20)21-11-12-30-24(16-21)19-9-10-22-23-13-17-5-1-2-6-18(17)14-26(23)31-25(22)15-19/h1-2,5-6,9-16,20H,3-4,7-8,28-29H2. The minimum Gasteiger partial charge on any atom is -0.456 e. The Balaban J connectivity index is 1.44. The Morgan fingerprint density at radius 2 is 1.55 bits per heavy atom. The van der Waals surface area contributed by atoms with Gasteiger partial charge in [0.25, 0.3) is 0 Å². The zero-order chi connectivity index (χ0) is 21.0. The molecule has 1 saturated carbocycles. The molecule has 4 heteroatoms. The smallest absolute Gasteiger partial charge is 0.136 e. The number of rotatable bonds is 3. The van der Waals surface area contributed by atoms with Crippen molar-refractivity contribution in [3.8, 4) is 11.3 Å². The number of fused-ring (bicyclic) bond motifs is 4. The molecule has 0 N–H and O–H groups in total. The molecule has 0 unspecified atom stereocenters. The van der Waals surface area contributed by atoms with Crippen LogP contribution < -0.4 is 0 Å². The molecule has 0 amide bonds. The number of pyridine rings is 1. The Hall–Kier alpha value is -3.00. The Labute approximate surface area is 184 Å². The summed E-state index contributed by atoms with van der Waals surface area (Å²) in [5, 5.41) is 4.96. The highest BCUT2D eigenvalue weighted by Crippen LogP contribution is 2.39. The second-order valence-corrected chi connectivity index (χ2v) is 9.64. The third-order valence-electron chi connectivity index (χ3n) is 7.52. The van der Waals surface area contributed by atoms with Crippen LogP contribution in [0.25, 0.3) is 44.0 Å². The monoisotopic (exact) mass is 401 g/mol. The van der Waals surface area contributed by atoms with Crippen LogP contribution in [-0.4, -0.2) is 20.7 Å². The van der Waals surface area contributed by atoms with Crippen LogP contribution in [0.4, 0.5) is 0 Å². The van der Waals surface area contributed by atoms with Gasteiger partial charge in [-0.25, -0.2) is 0 Å². The average Bonchev–Trinajstić information content (AvgIpc) is 3.46. The van der Waals surface area contributed by atoms with E-state index in [9.17, 15) is 0 Å². The summed E-state index contributed by atoms with van der Waals surface area (Å²) in [6.07, 6.45) is 7.37. The highest BCUT2D eigenvalue weighted by atomic mass is 16.3. The maximum Gasteiger partial charge on any atom is 0.136 e. The summed E-state index contributed by atoms with van der Waals surface area (Å²) in [5.41, 5.74) is 5.39. The average molecular weight is 401 g/mol. The third kappa shape index (κ3) is 3.08. The first-order valence-corrected chi connectivity index (χ1v) is 11.4. The van der Waals surface area contributed by atoms with Gasteiger partial charge in [0.15, 0.2) is 0 Å². The molecule has 0 saturated heterocycles. The molecule has 0 atom stereocenters. The fourth-order valence-electron chi connectivity index (χ4n) is 5.49. The van der Waals surface area contributed by atoms with E-state index in [1.54, 1.807) is 0 Å². The van der Waals surface area contributed by atoms with Crippen molar-refractivity contribution in [1.82, 2.24) is 4.98 Å². The number of furan rings is 1. The van der Waals surface area contributed by atoms with Crippen molar-refractivity contribution in [2.45, 2.75) is 30.9 Å². The lowest BCUT2D eigenvalue weighted by Gasteiger charge is -2.32. The van der Waals surface area contributed by atoms with Crippen LogP contribution in [-0.2, 0) is 5.21 Å². The maximum absolute atomic E-state index is 6.27. The van der Waals surface area contributed by atoms with Gasteiger partial charge >= 0.3 is 0 Å². The van der Waals surface area contributed by atoms with E-state index >= 15 is 0 Å². The summed E-state index contributed by atoms with van der Waals surface area (Å²) < 4.78 is 6.27. The molecule has 1 fully saturated rings. The van der Waals surface area contributed by atoms with Gasteiger partial charge in [0.05, 0.1) is 5.69 Å². The van der Waals surface area contributed by atoms with E-state index < -0.39 is 0 Å². The number of hydrogen-bond donors (Lipinski definition) is 0. The zero-order valence-corrected chi connectivity index (χ0v) is 18.2. The van der Waals surface area contributed by atoms with Gasteiger partial charge in [0, 0.05) is 22.5 Å². The van der Waals surface area contributed by atoms with Crippen molar-refractivity contribution in [1.29, 1.82) is 0 Å². The second-order valence-electron chi connectivity index (χ2n) is 9.64. The van der Waals surface area contributed by atoms with Gasteiger partial charge in [-0.3, -0.25) is 4.98 Å². The highest BCUT2D eigenvalue weighted by molar-refractivity contribution is 6.40. The number of aromatic nitrogens is 1. The molecule has 2 heterocycles. The first kappa shape index (κ1) is 18.7. The summed E-state index contributed by atoms with van der Waals surface area (Å²) in [5.74, 6) is 0.759. The number of nitrogens with zero attached hydrogens (tertiary/aromatic N) is 1. The van der Waals surface area contributed by atoms with E-state index in [1.165, 1.54) is 47.4 Å². The first-order valence-electron chi connectivity index (χ1n) is 11.4.